The minimum Gasteiger partial charge on any atom is -0.459 e. The van der Waals surface area contributed by atoms with E-state index in [0.29, 0.717) is 37.9 Å². The van der Waals surface area contributed by atoms with Crippen molar-refractivity contribution in [3.05, 3.63) is 54.0 Å². The van der Waals surface area contributed by atoms with Crippen LogP contribution in [0.5, 0.6) is 0 Å². The molecule has 144 valence electrons. The number of piperazine rings is 1. The zero-order chi connectivity index (χ0) is 19.4. The minimum absolute atomic E-state index is 0.0295. The first-order valence-corrected chi connectivity index (χ1v) is 9.43. The maximum atomic E-state index is 12.6. The van der Waals surface area contributed by atoms with Gasteiger partial charge in [0.05, 0.1) is 12.3 Å². The largest absolute Gasteiger partial charge is 0.459 e. The summed E-state index contributed by atoms with van der Waals surface area (Å²) in [4.78, 5) is 28.8. The Morgan fingerprint density at radius 2 is 1.67 bits per heavy atom. The molecule has 1 N–H and O–H groups in total. The molecule has 0 bridgehead atoms. The molecule has 0 saturated carbocycles. The van der Waals surface area contributed by atoms with Crippen molar-refractivity contribution in [1.82, 2.24) is 9.80 Å². The molecule has 3 rings (SSSR count). The molecule has 1 aromatic carbocycles. The normalized spacial score (nSPS) is 16.4. The van der Waals surface area contributed by atoms with Crippen molar-refractivity contribution in [2.45, 2.75) is 32.7 Å². The van der Waals surface area contributed by atoms with Crippen molar-refractivity contribution in [3.63, 3.8) is 0 Å². The monoisotopic (exact) mass is 369 g/mol. The van der Waals surface area contributed by atoms with Crippen LogP contribution in [0, 0.1) is 0 Å². The third-order valence-electron chi connectivity index (χ3n) is 5.11. The number of carbonyl (C=O) groups is 2. The highest BCUT2D eigenvalue weighted by Gasteiger charge is 2.28. The molecular formula is C21H27N3O3. The molecule has 1 atom stereocenters. The Labute approximate surface area is 160 Å². The van der Waals surface area contributed by atoms with Crippen LogP contribution < -0.4 is 5.32 Å². The van der Waals surface area contributed by atoms with Crippen LogP contribution in [0.15, 0.2) is 47.1 Å². The summed E-state index contributed by atoms with van der Waals surface area (Å²) in [7, 11) is 0. The number of nitrogens with zero attached hydrogens (tertiary/aromatic N) is 2. The predicted octanol–water partition coefficient (Wildman–Crippen LogP) is 3.19. The van der Waals surface area contributed by atoms with E-state index in [1.54, 1.807) is 17.0 Å². The van der Waals surface area contributed by atoms with Gasteiger partial charge in [0, 0.05) is 31.9 Å². The second-order valence-electron chi connectivity index (χ2n) is 7.25. The number of rotatable bonds is 5. The van der Waals surface area contributed by atoms with Crippen molar-refractivity contribution >= 4 is 17.5 Å². The van der Waals surface area contributed by atoms with Gasteiger partial charge in [-0.05, 0) is 42.7 Å². The Bertz CT molecular complexity index is 760. The Morgan fingerprint density at radius 3 is 2.22 bits per heavy atom. The van der Waals surface area contributed by atoms with Gasteiger partial charge in [-0.2, -0.15) is 0 Å². The zero-order valence-electron chi connectivity index (χ0n) is 16.1. The highest BCUT2D eigenvalue weighted by molar-refractivity contribution is 5.94. The topological polar surface area (TPSA) is 65.8 Å². The van der Waals surface area contributed by atoms with Gasteiger partial charge in [-0.25, -0.2) is 0 Å². The lowest BCUT2D eigenvalue weighted by atomic mass is 10.0. The average molecular weight is 369 g/mol. The number of hydrogen-bond donors (Lipinski definition) is 1. The molecule has 1 aromatic heterocycles. The third kappa shape index (κ3) is 4.57. The van der Waals surface area contributed by atoms with Crippen molar-refractivity contribution in [3.8, 4) is 0 Å². The van der Waals surface area contributed by atoms with E-state index >= 15 is 0 Å². The van der Waals surface area contributed by atoms with Crippen molar-refractivity contribution in [2.24, 2.45) is 0 Å². The van der Waals surface area contributed by atoms with Gasteiger partial charge in [-0.1, -0.05) is 26.0 Å². The van der Waals surface area contributed by atoms with E-state index in [4.69, 9.17) is 4.42 Å². The maximum absolute atomic E-state index is 12.6. The first kappa shape index (κ1) is 19.2. The summed E-state index contributed by atoms with van der Waals surface area (Å²) in [5, 5.41) is 2.99. The first-order valence-electron chi connectivity index (χ1n) is 9.43. The van der Waals surface area contributed by atoms with E-state index in [2.05, 4.69) is 24.1 Å². The van der Waals surface area contributed by atoms with E-state index in [1.807, 2.05) is 31.2 Å². The number of carbonyl (C=O) groups excluding carboxylic acids is 2. The molecule has 6 nitrogen and oxygen atoms in total. The van der Waals surface area contributed by atoms with Gasteiger partial charge >= 0.3 is 0 Å². The molecule has 1 fully saturated rings. The lowest BCUT2D eigenvalue weighted by Crippen LogP contribution is -2.54. The van der Waals surface area contributed by atoms with Gasteiger partial charge < -0.3 is 14.6 Å². The molecular weight excluding hydrogens is 342 g/mol. The fourth-order valence-corrected chi connectivity index (χ4v) is 3.23. The minimum atomic E-state index is -0.254. The highest BCUT2D eigenvalue weighted by atomic mass is 16.3. The highest BCUT2D eigenvalue weighted by Crippen LogP contribution is 2.18. The van der Waals surface area contributed by atoms with Gasteiger partial charge in [0.15, 0.2) is 5.76 Å². The standard InChI is InChI=1S/C21H27N3O3/c1-15(2)17-6-8-18(9-7-17)22-20(25)16(3)23-10-12-24(13-11-23)21(26)19-5-4-14-27-19/h4-9,14-16H,10-13H2,1-3H3,(H,22,25)/t16-/m0/s1. The van der Waals surface area contributed by atoms with Crippen molar-refractivity contribution in [1.29, 1.82) is 0 Å². The lowest BCUT2D eigenvalue weighted by Gasteiger charge is -2.37. The van der Waals surface area contributed by atoms with Crippen LogP contribution in [0.2, 0.25) is 0 Å². The number of anilines is 1. The number of benzene rings is 1. The van der Waals surface area contributed by atoms with Crippen LogP contribution in [0.25, 0.3) is 0 Å². The zero-order valence-corrected chi connectivity index (χ0v) is 16.1. The van der Waals surface area contributed by atoms with E-state index in [9.17, 15) is 9.59 Å². The quantitative estimate of drug-likeness (QED) is 0.879. The smallest absolute Gasteiger partial charge is 0.289 e. The molecule has 27 heavy (non-hydrogen) atoms. The van der Waals surface area contributed by atoms with Gasteiger partial charge in [0.25, 0.3) is 5.91 Å². The van der Waals surface area contributed by atoms with Crippen LogP contribution in [0.4, 0.5) is 5.69 Å². The number of furan rings is 1. The summed E-state index contributed by atoms with van der Waals surface area (Å²) >= 11 is 0. The summed E-state index contributed by atoms with van der Waals surface area (Å²) in [6, 6.07) is 11.1. The summed E-state index contributed by atoms with van der Waals surface area (Å²) in [5.41, 5.74) is 2.06. The van der Waals surface area contributed by atoms with Crippen molar-refractivity contribution in [2.75, 3.05) is 31.5 Å². The number of hydrogen-bond acceptors (Lipinski definition) is 4. The molecule has 2 amide bonds. The molecule has 0 unspecified atom stereocenters. The molecule has 0 aliphatic carbocycles. The fraction of sp³-hybridized carbons (Fsp3) is 0.429. The molecule has 0 spiro atoms. The summed E-state index contributed by atoms with van der Waals surface area (Å²) in [5.74, 6) is 0.702. The van der Waals surface area contributed by atoms with Crippen LogP contribution in [-0.2, 0) is 4.79 Å². The van der Waals surface area contributed by atoms with Crippen LogP contribution in [-0.4, -0.2) is 53.8 Å². The van der Waals surface area contributed by atoms with Gasteiger partial charge in [0.2, 0.25) is 5.91 Å². The lowest BCUT2D eigenvalue weighted by molar-refractivity contribution is -0.121. The Balaban J connectivity index is 1.51. The van der Waals surface area contributed by atoms with E-state index in [-0.39, 0.29) is 17.9 Å². The van der Waals surface area contributed by atoms with Crippen LogP contribution in [0.1, 0.15) is 42.8 Å². The molecule has 1 aliphatic rings. The number of amides is 2. The molecule has 2 heterocycles. The molecule has 6 heteroatoms. The van der Waals surface area contributed by atoms with Crippen LogP contribution in [0.3, 0.4) is 0 Å². The summed E-state index contributed by atoms with van der Waals surface area (Å²) in [6.07, 6.45) is 1.50. The van der Waals surface area contributed by atoms with Gasteiger partial charge in [-0.3, -0.25) is 14.5 Å². The maximum Gasteiger partial charge on any atom is 0.289 e. The van der Waals surface area contributed by atoms with Gasteiger partial charge in [-0.15, -0.1) is 0 Å². The average Bonchev–Trinajstić information content (AvgIpc) is 3.22. The Morgan fingerprint density at radius 1 is 1.00 bits per heavy atom. The van der Waals surface area contributed by atoms with E-state index in [0.717, 1.165) is 5.69 Å². The molecule has 1 saturated heterocycles. The second-order valence-corrected chi connectivity index (χ2v) is 7.25. The van der Waals surface area contributed by atoms with Crippen LogP contribution >= 0.6 is 0 Å². The fourth-order valence-electron chi connectivity index (χ4n) is 3.23. The Kier molecular flexibility index (Phi) is 5.96. The van der Waals surface area contributed by atoms with E-state index in [1.165, 1.54) is 11.8 Å². The molecule has 1 aliphatic heterocycles. The summed E-state index contributed by atoms with van der Waals surface area (Å²) < 4.78 is 5.18. The molecule has 0 radical (unpaired) electrons. The van der Waals surface area contributed by atoms with E-state index < -0.39 is 0 Å². The Hall–Kier alpha value is -2.60. The third-order valence-corrected chi connectivity index (χ3v) is 5.11. The predicted molar refractivity (Wildman–Crippen MR) is 105 cm³/mol. The molecule has 2 aromatic rings. The summed E-state index contributed by atoms with van der Waals surface area (Å²) in [6.45, 7) is 8.68. The SMILES string of the molecule is CC(C)c1ccc(NC(=O)[C@H](C)N2CCN(C(=O)c3ccco3)CC2)cc1. The second kappa shape index (κ2) is 8.39. The van der Waals surface area contributed by atoms with Crippen molar-refractivity contribution < 1.29 is 14.0 Å². The first-order chi connectivity index (χ1) is 13.0. The number of nitrogens with one attached hydrogen (secondary N) is 1. The van der Waals surface area contributed by atoms with Gasteiger partial charge in [0.1, 0.15) is 0 Å².